The maximum Gasteiger partial charge on any atom is 0.390 e. The van der Waals surface area contributed by atoms with Crippen LogP contribution in [-0.4, -0.2) is 12.1 Å². The third-order valence-electron chi connectivity index (χ3n) is 6.13. The van der Waals surface area contributed by atoms with E-state index in [4.69, 9.17) is 0 Å². The molecule has 1 heterocycles. The first kappa shape index (κ1) is 21.9. The molecule has 0 fully saturated rings. The van der Waals surface area contributed by atoms with E-state index in [0.29, 0.717) is 16.8 Å². The molecular formula is C27H24F3NO. The normalized spacial score (nSPS) is 19.9. The van der Waals surface area contributed by atoms with Crippen LogP contribution in [0.2, 0.25) is 0 Å². The Balaban J connectivity index is 2.07. The number of amides is 1. The largest absolute Gasteiger partial charge is 0.390 e. The molecule has 3 aromatic carbocycles. The fourth-order valence-electron chi connectivity index (χ4n) is 4.62. The Morgan fingerprint density at radius 1 is 0.875 bits per heavy atom. The topological polar surface area (TPSA) is 29.1 Å². The summed E-state index contributed by atoms with van der Waals surface area (Å²) in [5, 5.41) is 2.88. The summed E-state index contributed by atoms with van der Waals surface area (Å²) in [5.74, 6) is -0.650. The molecule has 2 nitrogen and oxygen atoms in total. The van der Waals surface area contributed by atoms with E-state index in [9.17, 15) is 18.0 Å². The molecule has 0 saturated carbocycles. The number of hydrogen-bond donors (Lipinski definition) is 1. The molecule has 0 radical (unpaired) electrons. The Hall–Kier alpha value is -3.34. The van der Waals surface area contributed by atoms with E-state index in [2.05, 4.69) is 5.32 Å². The molecule has 1 N–H and O–H groups in total. The van der Waals surface area contributed by atoms with Gasteiger partial charge in [0.2, 0.25) is 5.91 Å². The first-order chi connectivity index (χ1) is 15.1. The van der Waals surface area contributed by atoms with E-state index in [1.807, 2.05) is 62.4 Å². The molecule has 1 aliphatic rings. The SMILES string of the molecule is Cc1cccc(C)c1/C(=C1\NC(=O)[C@](C)(CC(F)(F)F)c2ccccc21)c1ccccc1. The van der Waals surface area contributed by atoms with E-state index < -0.39 is 23.9 Å². The van der Waals surface area contributed by atoms with Crippen molar-refractivity contribution in [1.82, 2.24) is 5.32 Å². The number of carbonyl (C=O) groups excluding carboxylic acids is 1. The Kier molecular flexibility index (Phi) is 5.45. The lowest BCUT2D eigenvalue weighted by Gasteiger charge is -2.37. The zero-order valence-electron chi connectivity index (χ0n) is 18.2. The van der Waals surface area contributed by atoms with Crippen LogP contribution in [0, 0.1) is 13.8 Å². The lowest BCUT2D eigenvalue weighted by Crippen LogP contribution is -2.48. The summed E-state index contributed by atoms with van der Waals surface area (Å²) in [6.45, 7) is 5.36. The van der Waals surface area contributed by atoms with Crippen LogP contribution in [0.4, 0.5) is 13.2 Å². The summed E-state index contributed by atoms with van der Waals surface area (Å²) in [5.41, 5.74) is 4.51. The maximum atomic E-state index is 13.5. The minimum absolute atomic E-state index is 0.385. The summed E-state index contributed by atoms with van der Waals surface area (Å²) in [6, 6.07) is 22.5. The molecule has 32 heavy (non-hydrogen) atoms. The van der Waals surface area contributed by atoms with Crippen molar-refractivity contribution in [2.75, 3.05) is 0 Å². The van der Waals surface area contributed by atoms with Gasteiger partial charge in [-0.2, -0.15) is 13.2 Å². The van der Waals surface area contributed by atoms with Crippen LogP contribution in [0.3, 0.4) is 0 Å². The van der Waals surface area contributed by atoms with Crippen LogP contribution < -0.4 is 5.32 Å². The second-order valence-corrected chi connectivity index (χ2v) is 8.51. The van der Waals surface area contributed by atoms with Crippen molar-refractivity contribution in [2.45, 2.75) is 38.8 Å². The molecule has 4 rings (SSSR count). The molecule has 0 unspecified atom stereocenters. The number of alkyl halides is 3. The van der Waals surface area contributed by atoms with Crippen LogP contribution in [0.15, 0.2) is 72.8 Å². The fraction of sp³-hybridized carbons (Fsp3) is 0.222. The standard InChI is InChI=1S/C27H24F3NO/c1-17-10-9-11-18(2)22(17)23(19-12-5-4-6-13-19)24-20-14-7-8-15-21(20)26(3,25(32)31-24)16-27(28,29)30/h4-15H,16H2,1-3H3,(H,31,32)/b24-23-/t26-/m1/s1. The molecule has 0 saturated heterocycles. The van der Waals surface area contributed by atoms with Gasteiger partial charge in [-0.15, -0.1) is 0 Å². The number of hydrogen-bond acceptors (Lipinski definition) is 1. The average Bonchev–Trinajstić information content (AvgIpc) is 2.74. The molecule has 0 bridgehead atoms. The van der Waals surface area contributed by atoms with Crippen molar-refractivity contribution in [3.63, 3.8) is 0 Å². The molecular weight excluding hydrogens is 411 g/mol. The summed E-state index contributed by atoms with van der Waals surface area (Å²) < 4.78 is 40.4. The molecule has 164 valence electrons. The van der Waals surface area contributed by atoms with Gasteiger partial charge in [0.1, 0.15) is 0 Å². The van der Waals surface area contributed by atoms with Crippen molar-refractivity contribution < 1.29 is 18.0 Å². The smallest absolute Gasteiger partial charge is 0.324 e. The van der Waals surface area contributed by atoms with Crippen LogP contribution in [0.5, 0.6) is 0 Å². The van der Waals surface area contributed by atoms with Crippen molar-refractivity contribution in [3.05, 3.63) is 106 Å². The fourth-order valence-corrected chi connectivity index (χ4v) is 4.62. The summed E-state index contributed by atoms with van der Waals surface area (Å²) in [6.07, 6.45) is -5.70. The molecule has 0 spiro atoms. The molecule has 1 aliphatic heterocycles. The monoisotopic (exact) mass is 435 g/mol. The van der Waals surface area contributed by atoms with Gasteiger partial charge in [0.25, 0.3) is 0 Å². The molecule has 1 amide bonds. The predicted molar refractivity (Wildman–Crippen MR) is 121 cm³/mol. The zero-order valence-corrected chi connectivity index (χ0v) is 18.2. The minimum Gasteiger partial charge on any atom is -0.324 e. The Morgan fingerprint density at radius 3 is 2.09 bits per heavy atom. The Morgan fingerprint density at radius 2 is 1.47 bits per heavy atom. The van der Waals surface area contributed by atoms with Crippen molar-refractivity contribution in [3.8, 4) is 0 Å². The Labute approximate surface area is 185 Å². The lowest BCUT2D eigenvalue weighted by molar-refractivity contribution is -0.157. The third-order valence-corrected chi connectivity index (χ3v) is 6.13. The average molecular weight is 435 g/mol. The molecule has 5 heteroatoms. The highest BCUT2D eigenvalue weighted by Gasteiger charge is 2.49. The second kappa shape index (κ2) is 7.97. The van der Waals surface area contributed by atoms with Gasteiger partial charge in [0.05, 0.1) is 17.5 Å². The van der Waals surface area contributed by atoms with Gasteiger partial charge in [-0.3, -0.25) is 4.79 Å². The first-order valence-corrected chi connectivity index (χ1v) is 10.5. The van der Waals surface area contributed by atoms with Crippen LogP contribution >= 0.6 is 0 Å². The van der Waals surface area contributed by atoms with Crippen LogP contribution in [0.25, 0.3) is 11.3 Å². The van der Waals surface area contributed by atoms with Gasteiger partial charge >= 0.3 is 6.18 Å². The van der Waals surface area contributed by atoms with Gasteiger partial charge in [0, 0.05) is 11.1 Å². The van der Waals surface area contributed by atoms with Gasteiger partial charge in [0.15, 0.2) is 0 Å². The highest BCUT2D eigenvalue weighted by atomic mass is 19.4. The summed E-state index contributed by atoms with van der Waals surface area (Å²) >= 11 is 0. The van der Waals surface area contributed by atoms with E-state index in [1.165, 1.54) is 6.92 Å². The molecule has 0 aliphatic carbocycles. The van der Waals surface area contributed by atoms with E-state index in [0.717, 1.165) is 27.8 Å². The summed E-state index contributed by atoms with van der Waals surface area (Å²) in [7, 11) is 0. The predicted octanol–water partition coefficient (Wildman–Crippen LogP) is 6.56. The van der Waals surface area contributed by atoms with Crippen LogP contribution in [0.1, 0.15) is 46.7 Å². The lowest BCUT2D eigenvalue weighted by atomic mass is 9.72. The van der Waals surface area contributed by atoms with Crippen molar-refractivity contribution in [1.29, 1.82) is 0 Å². The quantitative estimate of drug-likeness (QED) is 0.496. The van der Waals surface area contributed by atoms with E-state index in [1.54, 1.807) is 24.3 Å². The van der Waals surface area contributed by atoms with Gasteiger partial charge in [-0.1, -0.05) is 72.8 Å². The highest BCUT2D eigenvalue weighted by Crippen LogP contribution is 2.45. The van der Waals surface area contributed by atoms with Gasteiger partial charge in [-0.05, 0) is 48.6 Å². The highest BCUT2D eigenvalue weighted by molar-refractivity contribution is 6.09. The summed E-state index contributed by atoms with van der Waals surface area (Å²) in [4.78, 5) is 13.3. The number of aryl methyl sites for hydroxylation is 2. The molecule has 3 aromatic rings. The number of benzene rings is 3. The number of nitrogens with one attached hydrogen (secondary N) is 1. The van der Waals surface area contributed by atoms with Crippen LogP contribution in [-0.2, 0) is 10.2 Å². The molecule has 1 atom stereocenters. The number of fused-ring (bicyclic) bond motifs is 1. The first-order valence-electron chi connectivity index (χ1n) is 10.5. The number of halogens is 3. The molecule has 0 aromatic heterocycles. The number of rotatable bonds is 3. The zero-order chi connectivity index (χ0) is 23.1. The third kappa shape index (κ3) is 3.83. The maximum absolute atomic E-state index is 13.5. The van der Waals surface area contributed by atoms with Crippen molar-refractivity contribution >= 4 is 17.2 Å². The van der Waals surface area contributed by atoms with E-state index >= 15 is 0 Å². The van der Waals surface area contributed by atoms with Crippen molar-refractivity contribution in [2.24, 2.45) is 0 Å². The minimum atomic E-state index is -4.48. The Bertz CT molecular complexity index is 1190. The van der Waals surface area contributed by atoms with E-state index in [-0.39, 0.29) is 0 Å². The number of carbonyl (C=O) groups is 1. The second-order valence-electron chi connectivity index (χ2n) is 8.51. The van der Waals surface area contributed by atoms with Gasteiger partial charge < -0.3 is 5.32 Å². The van der Waals surface area contributed by atoms with Gasteiger partial charge in [-0.25, -0.2) is 0 Å².